The van der Waals surface area contributed by atoms with E-state index in [1.165, 1.54) is 6.42 Å². The van der Waals surface area contributed by atoms with E-state index in [0.717, 1.165) is 32.2 Å². The van der Waals surface area contributed by atoms with E-state index in [4.69, 9.17) is 9.47 Å². The summed E-state index contributed by atoms with van der Waals surface area (Å²) in [6.45, 7) is 6.07. The molecular weight excluding hydrogens is 406 g/mol. The average molecular weight is 446 g/mol. The van der Waals surface area contributed by atoms with Crippen molar-refractivity contribution in [3.05, 3.63) is 23.8 Å². The maximum absolute atomic E-state index is 13.4. The highest BCUT2D eigenvalue weighted by atomic mass is 16.5. The lowest BCUT2D eigenvalue weighted by atomic mass is 9.88. The summed E-state index contributed by atoms with van der Waals surface area (Å²) in [5, 5.41) is 3.03. The normalized spacial score (nSPS) is 26.5. The van der Waals surface area contributed by atoms with Gasteiger partial charge in [-0.25, -0.2) is 0 Å². The number of nitrogens with one attached hydrogen (secondary N) is 1. The fourth-order valence-corrected chi connectivity index (χ4v) is 4.64. The van der Waals surface area contributed by atoms with E-state index in [-0.39, 0.29) is 35.8 Å². The number of nitrogens with zero attached hydrogens (tertiary/aromatic N) is 2. The van der Waals surface area contributed by atoms with Crippen LogP contribution in [-0.2, 0) is 9.53 Å². The molecule has 32 heavy (non-hydrogen) atoms. The lowest BCUT2D eigenvalue weighted by molar-refractivity contribution is -0.120. The third-order valence-electron chi connectivity index (χ3n) is 7.00. The number of amides is 2. The molecule has 2 aliphatic rings. The van der Waals surface area contributed by atoms with Gasteiger partial charge in [0.1, 0.15) is 12.4 Å². The third kappa shape index (κ3) is 6.01. The summed E-state index contributed by atoms with van der Waals surface area (Å²) in [6.07, 6.45) is 5.20. The quantitative estimate of drug-likeness (QED) is 0.769. The highest BCUT2D eigenvalue weighted by Gasteiger charge is 2.28. The van der Waals surface area contributed by atoms with Crippen molar-refractivity contribution in [1.82, 2.24) is 9.80 Å². The number of ether oxygens (including phenoxy) is 2. The maximum Gasteiger partial charge on any atom is 0.257 e. The van der Waals surface area contributed by atoms with E-state index in [2.05, 4.69) is 31.1 Å². The first-order valence-corrected chi connectivity index (χ1v) is 11.9. The Morgan fingerprint density at radius 3 is 2.53 bits per heavy atom. The highest BCUT2D eigenvalue weighted by Crippen LogP contribution is 2.28. The first-order chi connectivity index (χ1) is 15.3. The molecule has 0 bridgehead atoms. The van der Waals surface area contributed by atoms with Gasteiger partial charge in [0.15, 0.2) is 0 Å². The molecule has 0 unspecified atom stereocenters. The summed E-state index contributed by atoms with van der Waals surface area (Å²) in [7, 11) is 5.57. The van der Waals surface area contributed by atoms with Crippen LogP contribution in [0, 0.1) is 11.8 Å². The second-order valence-electron chi connectivity index (χ2n) is 9.57. The van der Waals surface area contributed by atoms with Crippen LogP contribution in [0.4, 0.5) is 5.69 Å². The van der Waals surface area contributed by atoms with Crippen LogP contribution in [0.2, 0.25) is 0 Å². The van der Waals surface area contributed by atoms with E-state index in [0.29, 0.717) is 30.2 Å². The molecule has 1 fully saturated rings. The number of hydrogen-bond acceptors (Lipinski definition) is 5. The van der Waals surface area contributed by atoms with Crippen LogP contribution in [0.15, 0.2) is 18.2 Å². The Kier molecular flexibility index (Phi) is 8.54. The Labute approximate surface area is 192 Å². The zero-order chi connectivity index (χ0) is 23.3. The van der Waals surface area contributed by atoms with Gasteiger partial charge in [0.05, 0.1) is 11.7 Å². The van der Waals surface area contributed by atoms with Crippen molar-refractivity contribution >= 4 is 17.5 Å². The molecule has 0 radical (unpaired) electrons. The van der Waals surface area contributed by atoms with Crippen molar-refractivity contribution in [2.75, 3.05) is 46.2 Å². The largest absolute Gasteiger partial charge is 0.491 e. The van der Waals surface area contributed by atoms with Crippen LogP contribution in [-0.4, -0.2) is 74.7 Å². The average Bonchev–Trinajstić information content (AvgIpc) is 2.80. The Morgan fingerprint density at radius 1 is 1.12 bits per heavy atom. The number of likely N-dealkylation sites (N-methyl/N-ethyl adjacent to an activating group) is 2. The molecule has 1 aromatic carbocycles. The van der Waals surface area contributed by atoms with Crippen molar-refractivity contribution in [2.24, 2.45) is 11.8 Å². The summed E-state index contributed by atoms with van der Waals surface area (Å²) < 4.78 is 11.8. The molecule has 0 aromatic heterocycles. The lowest BCUT2D eigenvalue weighted by Gasteiger charge is -2.34. The topological polar surface area (TPSA) is 71.1 Å². The first-order valence-electron chi connectivity index (χ1n) is 11.9. The molecular formula is C25H39N3O4. The number of fused-ring (bicyclic) bond motifs is 1. The molecule has 178 valence electrons. The molecule has 1 aliphatic carbocycles. The van der Waals surface area contributed by atoms with Crippen molar-refractivity contribution < 1.29 is 19.1 Å². The van der Waals surface area contributed by atoms with Gasteiger partial charge in [-0.05, 0) is 50.9 Å². The van der Waals surface area contributed by atoms with Gasteiger partial charge in [-0.2, -0.15) is 0 Å². The Bertz CT molecular complexity index is 793. The molecule has 2 amide bonds. The molecule has 3 rings (SSSR count). The summed E-state index contributed by atoms with van der Waals surface area (Å²) >= 11 is 0. The first kappa shape index (κ1) is 24.5. The SMILES string of the molecule is CO[C@@H]1CN(C)C(=O)c2cc(NC(=O)C3CCCCC3)ccc2OC[C@H](C)N(C)C[C@@H]1C. The third-order valence-corrected chi connectivity index (χ3v) is 7.00. The summed E-state index contributed by atoms with van der Waals surface area (Å²) in [5.41, 5.74) is 1.10. The summed E-state index contributed by atoms with van der Waals surface area (Å²) in [4.78, 5) is 30.0. The van der Waals surface area contributed by atoms with E-state index < -0.39 is 0 Å². The summed E-state index contributed by atoms with van der Waals surface area (Å²) in [6, 6.07) is 5.56. The molecule has 7 heteroatoms. The van der Waals surface area contributed by atoms with Crippen molar-refractivity contribution in [2.45, 2.75) is 58.1 Å². The number of methoxy groups -OCH3 is 1. The lowest BCUT2D eigenvalue weighted by Crippen LogP contribution is -2.45. The second kappa shape index (κ2) is 11.1. The predicted molar refractivity (Wildman–Crippen MR) is 126 cm³/mol. The van der Waals surface area contributed by atoms with Gasteiger partial charge in [-0.1, -0.05) is 26.2 Å². The number of carbonyl (C=O) groups is 2. The molecule has 7 nitrogen and oxygen atoms in total. The second-order valence-corrected chi connectivity index (χ2v) is 9.57. The minimum atomic E-state index is -0.135. The van der Waals surface area contributed by atoms with Gasteiger partial charge >= 0.3 is 0 Å². The monoisotopic (exact) mass is 445 g/mol. The summed E-state index contributed by atoms with van der Waals surface area (Å²) in [5.74, 6) is 0.760. The molecule has 0 spiro atoms. The van der Waals surface area contributed by atoms with Gasteiger partial charge in [-0.15, -0.1) is 0 Å². The van der Waals surface area contributed by atoms with Crippen LogP contribution >= 0.6 is 0 Å². The smallest absolute Gasteiger partial charge is 0.257 e. The van der Waals surface area contributed by atoms with E-state index in [9.17, 15) is 9.59 Å². The van der Waals surface area contributed by atoms with Gasteiger partial charge in [0.2, 0.25) is 5.91 Å². The molecule has 1 aliphatic heterocycles. The van der Waals surface area contributed by atoms with Crippen LogP contribution in [0.5, 0.6) is 5.75 Å². The predicted octanol–water partition coefficient (Wildman–Crippen LogP) is 3.64. The number of anilines is 1. The molecule has 1 saturated carbocycles. The molecule has 1 heterocycles. The fraction of sp³-hybridized carbons (Fsp3) is 0.680. The van der Waals surface area contributed by atoms with Crippen LogP contribution in [0.25, 0.3) is 0 Å². The van der Waals surface area contributed by atoms with E-state index in [1.54, 1.807) is 31.2 Å². The van der Waals surface area contributed by atoms with Gasteiger partial charge in [0, 0.05) is 44.9 Å². The highest BCUT2D eigenvalue weighted by molar-refractivity contribution is 5.99. The fourth-order valence-electron chi connectivity index (χ4n) is 4.64. The van der Waals surface area contributed by atoms with Crippen LogP contribution < -0.4 is 10.1 Å². The number of rotatable bonds is 3. The Balaban J connectivity index is 1.86. The molecule has 1 aromatic rings. The maximum atomic E-state index is 13.4. The number of carbonyl (C=O) groups excluding carboxylic acids is 2. The number of hydrogen-bond donors (Lipinski definition) is 1. The number of benzene rings is 1. The standard InChI is InChI=1S/C25H39N3O4/c1-17-14-27(3)18(2)16-32-22-12-11-20(26-24(29)19-9-7-6-8-10-19)13-21(22)25(30)28(4)15-23(17)31-5/h11-13,17-19,23H,6-10,14-16H2,1-5H3,(H,26,29)/t17-,18-,23+/m0/s1. The Hall–Kier alpha value is -2.12. The zero-order valence-corrected chi connectivity index (χ0v) is 20.2. The molecule has 3 atom stereocenters. The van der Waals surface area contributed by atoms with E-state index >= 15 is 0 Å². The van der Waals surface area contributed by atoms with Crippen LogP contribution in [0.3, 0.4) is 0 Å². The van der Waals surface area contributed by atoms with Crippen molar-refractivity contribution in [3.63, 3.8) is 0 Å². The van der Waals surface area contributed by atoms with Gasteiger partial charge in [0.25, 0.3) is 5.91 Å². The molecule has 0 saturated heterocycles. The van der Waals surface area contributed by atoms with E-state index in [1.807, 2.05) is 6.07 Å². The molecule has 1 N–H and O–H groups in total. The Morgan fingerprint density at radius 2 is 1.84 bits per heavy atom. The van der Waals surface area contributed by atoms with Crippen LogP contribution in [0.1, 0.15) is 56.3 Å². The zero-order valence-electron chi connectivity index (χ0n) is 20.2. The van der Waals surface area contributed by atoms with Gasteiger partial charge < -0.3 is 19.7 Å². The van der Waals surface area contributed by atoms with Crippen molar-refractivity contribution in [1.29, 1.82) is 0 Å². The minimum Gasteiger partial charge on any atom is -0.491 e. The van der Waals surface area contributed by atoms with Gasteiger partial charge in [-0.3, -0.25) is 14.5 Å². The minimum absolute atomic E-state index is 0.0445. The van der Waals surface area contributed by atoms with Crippen molar-refractivity contribution in [3.8, 4) is 5.75 Å².